The van der Waals surface area contributed by atoms with Crippen molar-refractivity contribution in [1.82, 2.24) is 15.1 Å². The molecule has 0 unspecified atom stereocenters. The van der Waals surface area contributed by atoms with Crippen LogP contribution in [0.15, 0.2) is 18.2 Å². The van der Waals surface area contributed by atoms with Crippen molar-refractivity contribution in [1.29, 1.82) is 0 Å². The van der Waals surface area contributed by atoms with Crippen LogP contribution < -0.4 is 10.6 Å². The lowest BCUT2D eigenvalue weighted by atomic mass is 10.3. The molecular weight excluding hydrogens is 351 g/mol. The topological polar surface area (TPSA) is 64.7 Å². The third-order valence-corrected chi connectivity index (χ3v) is 4.53. The number of halogens is 2. The maximum Gasteiger partial charge on any atom is 0.238 e. The Bertz CT molecular complexity index is 591. The highest BCUT2D eigenvalue weighted by atomic mass is 35.5. The van der Waals surface area contributed by atoms with Crippen molar-refractivity contribution < 1.29 is 9.59 Å². The molecule has 6 nitrogen and oxygen atoms in total. The van der Waals surface area contributed by atoms with E-state index in [1.54, 1.807) is 18.2 Å². The average molecular weight is 373 g/mol. The van der Waals surface area contributed by atoms with E-state index >= 15 is 0 Å². The number of hydrogen-bond donors (Lipinski definition) is 2. The number of carbonyl (C=O) groups excluding carboxylic acids is 2. The lowest BCUT2D eigenvalue weighted by molar-refractivity contribution is -0.132. The molecule has 24 heavy (non-hydrogen) atoms. The minimum absolute atomic E-state index is 0.133. The number of hydrogen-bond acceptors (Lipinski definition) is 4. The van der Waals surface area contributed by atoms with Gasteiger partial charge in [0.2, 0.25) is 11.8 Å². The second kappa shape index (κ2) is 9.22. The van der Waals surface area contributed by atoms with Crippen molar-refractivity contribution in [2.75, 3.05) is 51.6 Å². The molecule has 0 atom stereocenters. The van der Waals surface area contributed by atoms with E-state index in [2.05, 4.69) is 10.6 Å². The maximum atomic E-state index is 12.1. The van der Waals surface area contributed by atoms with Crippen LogP contribution in [0.5, 0.6) is 0 Å². The molecule has 8 heteroatoms. The van der Waals surface area contributed by atoms with E-state index in [4.69, 9.17) is 23.2 Å². The van der Waals surface area contributed by atoms with Crippen molar-refractivity contribution in [3.05, 3.63) is 28.2 Å². The number of nitrogens with one attached hydrogen (secondary N) is 2. The van der Waals surface area contributed by atoms with Crippen LogP contribution in [0.1, 0.15) is 6.42 Å². The second-order valence-corrected chi connectivity index (χ2v) is 6.61. The Morgan fingerprint density at radius 2 is 1.96 bits per heavy atom. The summed E-state index contributed by atoms with van der Waals surface area (Å²) in [6.07, 6.45) is 0.413. The van der Waals surface area contributed by atoms with Crippen molar-refractivity contribution >= 4 is 40.7 Å². The number of rotatable bonds is 6. The minimum atomic E-state index is -0.162. The van der Waals surface area contributed by atoms with E-state index in [0.717, 1.165) is 26.2 Å². The van der Waals surface area contributed by atoms with Crippen LogP contribution in [0.4, 0.5) is 5.69 Å². The molecule has 1 aliphatic rings. The lowest BCUT2D eigenvalue weighted by Crippen LogP contribution is -2.47. The SMILES string of the molecule is CN(CCC(=O)N1CCNCC1)CC(=O)Nc1ccc(Cl)c(Cl)c1. The highest BCUT2D eigenvalue weighted by Gasteiger charge is 2.17. The number of nitrogens with zero attached hydrogens (tertiary/aromatic N) is 2. The van der Waals surface area contributed by atoms with Gasteiger partial charge in [0, 0.05) is 44.8 Å². The Hall–Kier alpha value is -1.34. The standard InChI is InChI=1S/C16H22Cl2N4O2/c1-21(7-4-16(24)22-8-5-19-6-9-22)11-15(23)20-12-2-3-13(17)14(18)10-12/h2-3,10,19H,4-9,11H2,1H3,(H,20,23). The van der Waals surface area contributed by atoms with Crippen LogP contribution in [0, 0.1) is 0 Å². The van der Waals surface area contributed by atoms with Crippen LogP contribution in [0.2, 0.25) is 10.0 Å². The van der Waals surface area contributed by atoms with E-state index in [1.165, 1.54) is 0 Å². The predicted octanol–water partition coefficient (Wildman–Crippen LogP) is 1.69. The first-order chi connectivity index (χ1) is 11.5. The smallest absolute Gasteiger partial charge is 0.238 e. The van der Waals surface area contributed by atoms with Crippen molar-refractivity contribution in [3.63, 3.8) is 0 Å². The summed E-state index contributed by atoms with van der Waals surface area (Å²) in [4.78, 5) is 27.8. The van der Waals surface area contributed by atoms with Crippen LogP contribution >= 0.6 is 23.2 Å². The molecule has 0 aromatic heterocycles. The summed E-state index contributed by atoms with van der Waals surface area (Å²) in [5.41, 5.74) is 0.597. The molecule has 0 aliphatic carbocycles. The highest BCUT2D eigenvalue weighted by Crippen LogP contribution is 2.24. The number of anilines is 1. The third kappa shape index (κ3) is 5.94. The van der Waals surface area contributed by atoms with Gasteiger partial charge in [0.05, 0.1) is 16.6 Å². The van der Waals surface area contributed by atoms with Gasteiger partial charge in [-0.05, 0) is 25.2 Å². The fourth-order valence-corrected chi connectivity index (χ4v) is 2.76. The van der Waals surface area contributed by atoms with Crippen molar-refractivity contribution in [2.24, 2.45) is 0 Å². The van der Waals surface area contributed by atoms with Crippen LogP contribution in [0.3, 0.4) is 0 Å². The normalized spacial score (nSPS) is 14.8. The van der Waals surface area contributed by atoms with Gasteiger partial charge in [-0.3, -0.25) is 14.5 Å². The van der Waals surface area contributed by atoms with Gasteiger partial charge in [-0.1, -0.05) is 23.2 Å². The third-order valence-electron chi connectivity index (χ3n) is 3.79. The molecule has 1 heterocycles. The Labute approximate surface area is 152 Å². The first-order valence-electron chi connectivity index (χ1n) is 7.87. The van der Waals surface area contributed by atoms with E-state index in [1.807, 2.05) is 16.8 Å². The summed E-state index contributed by atoms with van der Waals surface area (Å²) >= 11 is 11.8. The number of piperazine rings is 1. The highest BCUT2D eigenvalue weighted by molar-refractivity contribution is 6.42. The number of amides is 2. The molecule has 0 saturated carbocycles. The predicted molar refractivity (Wildman–Crippen MR) is 96.7 cm³/mol. The van der Waals surface area contributed by atoms with Gasteiger partial charge in [0.25, 0.3) is 0 Å². The fraction of sp³-hybridized carbons (Fsp3) is 0.500. The van der Waals surface area contributed by atoms with Gasteiger partial charge in [0.1, 0.15) is 0 Å². The Morgan fingerprint density at radius 1 is 1.25 bits per heavy atom. The van der Waals surface area contributed by atoms with Gasteiger partial charge in [-0.2, -0.15) is 0 Å². The first-order valence-corrected chi connectivity index (χ1v) is 8.63. The van der Waals surface area contributed by atoms with E-state index < -0.39 is 0 Å². The van der Waals surface area contributed by atoms with Gasteiger partial charge in [-0.25, -0.2) is 0 Å². The van der Waals surface area contributed by atoms with Crippen molar-refractivity contribution in [2.45, 2.75) is 6.42 Å². The Balaban J connectivity index is 1.72. The fourth-order valence-electron chi connectivity index (χ4n) is 2.46. The second-order valence-electron chi connectivity index (χ2n) is 5.80. The lowest BCUT2D eigenvalue weighted by Gasteiger charge is -2.28. The molecule has 0 bridgehead atoms. The molecule has 1 aromatic rings. The molecule has 2 amide bonds. The van der Waals surface area contributed by atoms with Gasteiger partial charge < -0.3 is 15.5 Å². The maximum absolute atomic E-state index is 12.1. The summed E-state index contributed by atoms with van der Waals surface area (Å²) in [5.74, 6) is -0.0289. The van der Waals surface area contributed by atoms with Crippen LogP contribution in [-0.2, 0) is 9.59 Å². The monoisotopic (exact) mass is 372 g/mol. The van der Waals surface area contributed by atoms with E-state index in [-0.39, 0.29) is 18.4 Å². The van der Waals surface area contributed by atoms with Crippen LogP contribution in [-0.4, -0.2) is 67.9 Å². The summed E-state index contributed by atoms with van der Waals surface area (Å²) < 4.78 is 0. The quantitative estimate of drug-likeness (QED) is 0.797. The molecule has 0 radical (unpaired) electrons. The minimum Gasteiger partial charge on any atom is -0.340 e. The molecule has 132 valence electrons. The zero-order valence-electron chi connectivity index (χ0n) is 13.6. The Kier molecular flexibility index (Phi) is 7.30. The zero-order chi connectivity index (χ0) is 17.5. The largest absolute Gasteiger partial charge is 0.340 e. The van der Waals surface area contributed by atoms with E-state index in [0.29, 0.717) is 28.7 Å². The van der Waals surface area contributed by atoms with Gasteiger partial charge >= 0.3 is 0 Å². The molecule has 1 aromatic carbocycles. The molecule has 1 fully saturated rings. The summed E-state index contributed by atoms with van der Waals surface area (Å²) in [5, 5.41) is 6.82. The number of benzene rings is 1. The zero-order valence-corrected chi connectivity index (χ0v) is 15.2. The summed E-state index contributed by atoms with van der Waals surface area (Å²) in [6.45, 7) is 3.93. The molecule has 2 rings (SSSR count). The molecular formula is C16H22Cl2N4O2. The molecule has 2 N–H and O–H groups in total. The van der Waals surface area contributed by atoms with Gasteiger partial charge in [-0.15, -0.1) is 0 Å². The number of likely N-dealkylation sites (N-methyl/N-ethyl adjacent to an activating group) is 1. The number of carbonyl (C=O) groups is 2. The van der Waals surface area contributed by atoms with Crippen molar-refractivity contribution in [3.8, 4) is 0 Å². The summed E-state index contributed by atoms with van der Waals surface area (Å²) in [6, 6.07) is 4.94. The Morgan fingerprint density at radius 3 is 2.62 bits per heavy atom. The van der Waals surface area contributed by atoms with Crippen LogP contribution in [0.25, 0.3) is 0 Å². The summed E-state index contributed by atoms with van der Waals surface area (Å²) in [7, 11) is 1.82. The average Bonchev–Trinajstić information content (AvgIpc) is 2.56. The van der Waals surface area contributed by atoms with Gasteiger partial charge in [0.15, 0.2) is 0 Å². The molecule has 1 aliphatic heterocycles. The molecule has 1 saturated heterocycles. The molecule has 0 spiro atoms. The first kappa shape index (κ1) is 19.0. The van der Waals surface area contributed by atoms with E-state index in [9.17, 15) is 9.59 Å².